The van der Waals surface area contributed by atoms with Crippen LogP contribution in [0.4, 0.5) is 0 Å². The SMILES string of the molecule is CCOC(=O)[C@H](Cc1ccccc1)NC(=O)CCCCCCC/C=C\CCCCCCC(C)O[C@@H]1O[C@H](CO)[C@@H](O)[C@H](O)[C@H]1O[C@@H]1O[C@H](CO)[C@@H](O)[C@H](O)[C@H]1O. The van der Waals surface area contributed by atoms with Gasteiger partial charge in [-0.15, -0.1) is 0 Å². The molecule has 56 heavy (non-hydrogen) atoms. The zero-order chi connectivity index (χ0) is 40.9. The molecule has 15 nitrogen and oxygen atoms in total. The molecule has 2 fully saturated rings. The highest BCUT2D eigenvalue weighted by Gasteiger charge is 2.51. The normalized spacial score (nSPS) is 29.2. The molecule has 0 bridgehead atoms. The Morgan fingerprint density at radius 3 is 1.95 bits per heavy atom. The van der Waals surface area contributed by atoms with Crippen LogP contribution in [0.15, 0.2) is 42.5 Å². The second kappa shape index (κ2) is 26.5. The summed E-state index contributed by atoms with van der Waals surface area (Å²) in [6.07, 6.45) is 1.71. The molecule has 2 heterocycles. The molecule has 0 saturated carbocycles. The lowest BCUT2D eigenvalue weighted by atomic mass is 9.97. The summed E-state index contributed by atoms with van der Waals surface area (Å²) in [7, 11) is 0. The fourth-order valence-corrected chi connectivity index (χ4v) is 6.86. The van der Waals surface area contributed by atoms with E-state index < -0.39 is 86.6 Å². The van der Waals surface area contributed by atoms with E-state index in [1.807, 2.05) is 37.3 Å². The molecule has 1 amide bonds. The summed E-state index contributed by atoms with van der Waals surface area (Å²) in [4.78, 5) is 24.9. The highest BCUT2D eigenvalue weighted by molar-refractivity contribution is 5.84. The topological polar surface area (TPSA) is 234 Å². The van der Waals surface area contributed by atoms with Crippen LogP contribution in [0.5, 0.6) is 0 Å². The van der Waals surface area contributed by atoms with Crippen molar-refractivity contribution in [2.45, 2.75) is 177 Å². The summed E-state index contributed by atoms with van der Waals surface area (Å²) in [6.45, 7) is 2.59. The molecule has 2 aliphatic rings. The number of amides is 1. The minimum absolute atomic E-state index is 0.130. The van der Waals surface area contributed by atoms with Gasteiger partial charge in [0.05, 0.1) is 25.9 Å². The molecule has 320 valence electrons. The summed E-state index contributed by atoms with van der Waals surface area (Å²) >= 11 is 0. The lowest BCUT2D eigenvalue weighted by Crippen LogP contribution is -2.64. The predicted octanol–water partition coefficient (Wildman–Crippen LogP) is 1.93. The number of hydrogen-bond acceptors (Lipinski definition) is 14. The first-order valence-corrected chi connectivity index (χ1v) is 20.4. The van der Waals surface area contributed by atoms with E-state index in [1.165, 1.54) is 0 Å². The maximum atomic E-state index is 12.5. The molecule has 3 rings (SSSR count). The third kappa shape index (κ3) is 16.0. The van der Waals surface area contributed by atoms with E-state index in [4.69, 9.17) is 23.7 Å². The lowest BCUT2D eigenvalue weighted by molar-refractivity contribution is -0.371. The van der Waals surface area contributed by atoms with E-state index in [1.54, 1.807) is 6.92 Å². The molecule has 0 radical (unpaired) electrons. The maximum Gasteiger partial charge on any atom is 0.328 e. The number of rotatable bonds is 26. The van der Waals surface area contributed by atoms with Crippen LogP contribution in [0.3, 0.4) is 0 Å². The van der Waals surface area contributed by atoms with Crippen molar-refractivity contribution < 1.29 is 69.0 Å². The van der Waals surface area contributed by atoms with Crippen LogP contribution in [-0.2, 0) is 39.7 Å². The van der Waals surface area contributed by atoms with Gasteiger partial charge in [-0.05, 0) is 57.9 Å². The number of nitrogens with one attached hydrogen (secondary N) is 1. The Labute approximate surface area is 331 Å². The molecule has 0 spiro atoms. The molecular formula is C41H67NO14. The van der Waals surface area contributed by atoms with Gasteiger partial charge in [-0.1, -0.05) is 81.0 Å². The van der Waals surface area contributed by atoms with E-state index in [0.717, 1.165) is 76.2 Å². The molecule has 1 unspecified atom stereocenters. The Hall–Kier alpha value is -2.54. The van der Waals surface area contributed by atoms with Crippen molar-refractivity contribution >= 4 is 11.9 Å². The average molecular weight is 798 g/mol. The molecule has 1 aromatic rings. The first-order chi connectivity index (χ1) is 27.0. The van der Waals surface area contributed by atoms with Crippen molar-refractivity contribution in [2.75, 3.05) is 19.8 Å². The molecular weight excluding hydrogens is 730 g/mol. The molecule has 15 heteroatoms. The van der Waals surface area contributed by atoms with Gasteiger partial charge in [-0.25, -0.2) is 4.79 Å². The maximum absolute atomic E-state index is 12.5. The summed E-state index contributed by atoms with van der Waals surface area (Å²) in [5.41, 5.74) is 0.966. The van der Waals surface area contributed by atoms with Gasteiger partial charge in [0.25, 0.3) is 0 Å². The number of carbonyl (C=O) groups excluding carboxylic acids is 2. The summed E-state index contributed by atoms with van der Waals surface area (Å²) in [5.74, 6) is -0.541. The number of ether oxygens (including phenoxy) is 5. The van der Waals surface area contributed by atoms with Gasteiger partial charge in [0.1, 0.15) is 54.9 Å². The van der Waals surface area contributed by atoms with Gasteiger partial charge >= 0.3 is 5.97 Å². The Morgan fingerprint density at radius 2 is 1.32 bits per heavy atom. The second-order valence-corrected chi connectivity index (χ2v) is 14.8. The van der Waals surface area contributed by atoms with Crippen molar-refractivity contribution in [2.24, 2.45) is 0 Å². The quantitative estimate of drug-likeness (QED) is 0.0381. The van der Waals surface area contributed by atoms with Gasteiger partial charge in [0.2, 0.25) is 5.91 Å². The lowest BCUT2D eigenvalue weighted by Gasteiger charge is -2.46. The average Bonchev–Trinajstić information content (AvgIpc) is 3.19. The molecule has 12 atom stereocenters. The van der Waals surface area contributed by atoms with E-state index in [-0.39, 0.29) is 18.6 Å². The number of unbranched alkanes of at least 4 members (excludes halogenated alkanes) is 9. The third-order valence-corrected chi connectivity index (χ3v) is 10.2. The largest absolute Gasteiger partial charge is 0.464 e. The van der Waals surface area contributed by atoms with Gasteiger partial charge < -0.3 is 64.7 Å². The van der Waals surface area contributed by atoms with E-state index in [2.05, 4.69) is 17.5 Å². The van der Waals surface area contributed by atoms with E-state index >= 15 is 0 Å². The predicted molar refractivity (Wildman–Crippen MR) is 205 cm³/mol. The zero-order valence-corrected chi connectivity index (χ0v) is 33.0. The van der Waals surface area contributed by atoms with E-state index in [9.17, 15) is 45.3 Å². The monoisotopic (exact) mass is 797 g/mol. The van der Waals surface area contributed by atoms with Crippen LogP contribution in [0.25, 0.3) is 0 Å². The fourth-order valence-electron chi connectivity index (χ4n) is 6.86. The number of benzene rings is 1. The summed E-state index contributed by atoms with van der Waals surface area (Å²) in [5, 5.41) is 73.9. The van der Waals surface area contributed by atoms with Gasteiger partial charge in [0, 0.05) is 12.8 Å². The molecule has 0 aliphatic carbocycles. The van der Waals surface area contributed by atoms with Gasteiger partial charge in [0.15, 0.2) is 12.6 Å². The first-order valence-electron chi connectivity index (χ1n) is 20.4. The standard InChI is InChI=1S/C41H67NO14/c1-3-52-39(51)29(24-28-21-17-15-18-22-28)42-32(45)23-19-14-12-10-8-6-4-5-7-9-11-13-16-20-27(2)53-41-38(36(49)34(47)31(26-44)55-41)56-40-37(50)35(48)33(46)30(25-43)54-40/h4-5,15,17-18,21-22,27,29-31,33-38,40-41,43-44,46-50H,3,6-14,16,19-20,23-26H2,1-2H3,(H,42,45)/b5-4-/t27?,29-,30+,31+,33+,34+,35-,36-,37+,38+,40-,41+/m0/s1. The number of aliphatic hydroxyl groups is 7. The van der Waals surface area contributed by atoms with Crippen LogP contribution in [0.2, 0.25) is 0 Å². The van der Waals surface area contributed by atoms with Crippen molar-refractivity contribution in [3.63, 3.8) is 0 Å². The fraction of sp³-hybridized carbons (Fsp3) is 0.756. The van der Waals surface area contributed by atoms with Crippen molar-refractivity contribution in [1.29, 1.82) is 0 Å². The van der Waals surface area contributed by atoms with Crippen molar-refractivity contribution in [1.82, 2.24) is 5.32 Å². The molecule has 0 aromatic heterocycles. The van der Waals surface area contributed by atoms with Crippen LogP contribution in [0.1, 0.15) is 103 Å². The van der Waals surface area contributed by atoms with Crippen LogP contribution >= 0.6 is 0 Å². The molecule has 2 aliphatic heterocycles. The Morgan fingerprint density at radius 1 is 0.750 bits per heavy atom. The van der Waals surface area contributed by atoms with Crippen LogP contribution < -0.4 is 5.32 Å². The number of aliphatic hydroxyl groups excluding tert-OH is 7. The van der Waals surface area contributed by atoms with E-state index in [0.29, 0.717) is 19.3 Å². The van der Waals surface area contributed by atoms with Gasteiger partial charge in [-0.2, -0.15) is 0 Å². The number of esters is 1. The molecule has 2 saturated heterocycles. The first kappa shape index (κ1) is 47.8. The molecule has 8 N–H and O–H groups in total. The van der Waals surface area contributed by atoms with Crippen molar-refractivity contribution in [3.05, 3.63) is 48.0 Å². The summed E-state index contributed by atoms with van der Waals surface area (Å²) in [6, 6.07) is 8.89. The van der Waals surface area contributed by atoms with Crippen LogP contribution in [0, 0.1) is 0 Å². The number of carbonyl (C=O) groups is 2. The smallest absolute Gasteiger partial charge is 0.328 e. The highest BCUT2D eigenvalue weighted by atomic mass is 16.8. The Balaban J connectivity index is 1.24. The minimum Gasteiger partial charge on any atom is -0.464 e. The highest BCUT2D eigenvalue weighted by Crippen LogP contribution is 2.30. The molecule has 1 aromatic carbocycles. The minimum atomic E-state index is -1.73. The Bertz CT molecular complexity index is 1250. The van der Waals surface area contributed by atoms with Crippen molar-refractivity contribution in [3.8, 4) is 0 Å². The van der Waals surface area contributed by atoms with Crippen LogP contribution in [-0.4, -0.2) is 141 Å². The Kier molecular flexibility index (Phi) is 22.6. The van der Waals surface area contributed by atoms with Gasteiger partial charge in [-0.3, -0.25) is 4.79 Å². The number of hydrogen-bond donors (Lipinski definition) is 8. The summed E-state index contributed by atoms with van der Waals surface area (Å²) < 4.78 is 28.0. The second-order valence-electron chi connectivity index (χ2n) is 14.8. The third-order valence-electron chi connectivity index (χ3n) is 10.2. The number of allylic oxidation sites excluding steroid dienone is 2. The zero-order valence-electron chi connectivity index (χ0n) is 33.0.